The minimum Gasteiger partial charge on any atom is -0.465 e. The van der Waals surface area contributed by atoms with Crippen molar-refractivity contribution in [2.45, 2.75) is 31.9 Å². The van der Waals surface area contributed by atoms with Crippen LogP contribution < -0.4 is 10.5 Å². The molecule has 1 unspecified atom stereocenters. The van der Waals surface area contributed by atoms with Crippen LogP contribution in [0.25, 0.3) is 0 Å². The number of hydrogen-bond acceptors (Lipinski definition) is 4. The van der Waals surface area contributed by atoms with Crippen LogP contribution >= 0.6 is 0 Å². The zero-order chi connectivity index (χ0) is 16.0. The summed E-state index contributed by atoms with van der Waals surface area (Å²) in [5, 5.41) is 0. The highest BCUT2D eigenvalue weighted by atomic mass is 19.3. The lowest BCUT2D eigenvalue weighted by molar-refractivity contribution is -0.253. The van der Waals surface area contributed by atoms with Gasteiger partial charge in [0.15, 0.2) is 0 Å². The van der Waals surface area contributed by atoms with Gasteiger partial charge in [0.25, 0.3) is 0 Å². The first-order valence-corrected chi connectivity index (χ1v) is 6.12. The van der Waals surface area contributed by atoms with Crippen LogP contribution in [0.1, 0.15) is 12.5 Å². The van der Waals surface area contributed by atoms with Gasteiger partial charge in [0.1, 0.15) is 11.8 Å². The fourth-order valence-corrected chi connectivity index (χ4v) is 1.48. The van der Waals surface area contributed by atoms with Crippen molar-refractivity contribution >= 4 is 5.97 Å². The maximum absolute atomic E-state index is 12.7. The molecule has 0 bridgehead atoms. The van der Waals surface area contributed by atoms with E-state index in [9.17, 15) is 22.4 Å². The Balaban J connectivity index is 2.64. The summed E-state index contributed by atoms with van der Waals surface area (Å²) in [5.41, 5.74) is 6.15. The largest absolute Gasteiger partial charge is 0.465 e. The summed E-state index contributed by atoms with van der Waals surface area (Å²) < 4.78 is 57.9. The van der Waals surface area contributed by atoms with E-state index in [2.05, 4.69) is 4.74 Å². The van der Waals surface area contributed by atoms with E-state index in [0.717, 1.165) is 12.1 Å². The summed E-state index contributed by atoms with van der Waals surface area (Å²) >= 11 is 0. The van der Waals surface area contributed by atoms with Crippen LogP contribution in [0.15, 0.2) is 24.3 Å². The number of hydrogen-bond donors (Lipinski definition) is 1. The molecule has 118 valence electrons. The number of ether oxygens (including phenoxy) is 2. The normalized spacial score (nSPS) is 13.1. The summed E-state index contributed by atoms with van der Waals surface area (Å²) in [6.07, 6.45) is -8.35. The van der Waals surface area contributed by atoms with Gasteiger partial charge in [0.05, 0.1) is 6.61 Å². The molecule has 1 aromatic rings. The minimum atomic E-state index is -4.55. The first-order valence-electron chi connectivity index (χ1n) is 6.12. The first kappa shape index (κ1) is 17.2. The Morgan fingerprint density at radius 2 is 1.86 bits per heavy atom. The Kier molecular flexibility index (Phi) is 5.95. The molecule has 0 aliphatic heterocycles. The van der Waals surface area contributed by atoms with Crippen molar-refractivity contribution in [3.8, 4) is 5.75 Å². The monoisotopic (exact) mass is 309 g/mol. The second-order valence-corrected chi connectivity index (χ2v) is 4.17. The van der Waals surface area contributed by atoms with Crippen LogP contribution in [0.5, 0.6) is 5.75 Å². The molecule has 0 aliphatic rings. The van der Waals surface area contributed by atoms with Gasteiger partial charge in [-0.25, -0.2) is 0 Å². The van der Waals surface area contributed by atoms with E-state index in [1.165, 1.54) is 12.1 Å². The lowest BCUT2D eigenvalue weighted by Crippen LogP contribution is -2.34. The van der Waals surface area contributed by atoms with Crippen molar-refractivity contribution in [3.63, 3.8) is 0 Å². The van der Waals surface area contributed by atoms with E-state index < -0.39 is 30.3 Å². The fourth-order valence-electron chi connectivity index (χ4n) is 1.48. The van der Waals surface area contributed by atoms with Crippen molar-refractivity contribution in [3.05, 3.63) is 29.8 Å². The number of nitrogens with two attached hydrogens (primary N) is 1. The Bertz CT molecular complexity index is 465. The highest BCUT2D eigenvalue weighted by Crippen LogP contribution is 2.27. The van der Waals surface area contributed by atoms with Crippen LogP contribution in [0.4, 0.5) is 17.6 Å². The molecule has 1 atom stereocenters. The number of carbonyl (C=O) groups excluding carboxylic acids is 1. The molecular weight excluding hydrogens is 294 g/mol. The lowest BCUT2D eigenvalue weighted by Gasteiger charge is -2.17. The molecule has 1 aromatic carbocycles. The molecule has 2 N–H and O–H groups in total. The number of benzene rings is 1. The maximum atomic E-state index is 12.7. The van der Waals surface area contributed by atoms with Crippen LogP contribution in [0, 0.1) is 0 Å². The lowest BCUT2D eigenvalue weighted by atomic mass is 10.1. The first-order chi connectivity index (χ1) is 9.76. The van der Waals surface area contributed by atoms with E-state index in [-0.39, 0.29) is 13.0 Å². The highest BCUT2D eigenvalue weighted by Gasteiger charge is 2.43. The summed E-state index contributed by atoms with van der Waals surface area (Å²) in [6.45, 7) is 1.84. The Morgan fingerprint density at radius 3 is 2.33 bits per heavy atom. The molecule has 8 heteroatoms. The van der Waals surface area contributed by atoms with Crippen molar-refractivity contribution in [2.75, 3.05) is 6.61 Å². The number of esters is 1. The molecule has 0 amide bonds. The summed E-state index contributed by atoms with van der Waals surface area (Å²) in [6, 6.07) is 4.03. The molecule has 0 radical (unpaired) electrons. The zero-order valence-corrected chi connectivity index (χ0v) is 11.2. The second kappa shape index (κ2) is 7.26. The number of rotatable bonds is 7. The predicted octanol–water partition coefficient (Wildman–Crippen LogP) is 2.36. The average Bonchev–Trinajstić information content (AvgIpc) is 2.40. The van der Waals surface area contributed by atoms with Crippen LogP contribution in [-0.2, 0) is 16.0 Å². The minimum absolute atomic E-state index is 0.129. The van der Waals surface area contributed by atoms with E-state index >= 15 is 0 Å². The molecule has 1 rings (SSSR count). The van der Waals surface area contributed by atoms with E-state index in [0.29, 0.717) is 5.56 Å². The van der Waals surface area contributed by atoms with Crippen molar-refractivity contribution in [1.29, 1.82) is 0 Å². The molecule has 0 aliphatic carbocycles. The smallest absolute Gasteiger partial charge is 0.461 e. The second-order valence-electron chi connectivity index (χ2n) is 4.17. The molecule has 0 saturated carbocycles. The molecule has 21 heavy (non-hydrogen) atoms. The van der Waals surface area contributed by atoms with Gasteiger partial charge in [0.2, 0.25) is 0 Å². The van der Waals surface area contributed by atoms with Crippen molar-refractivity contribution < 1.29 is 31.8 Å². The van der Waals surface area contributed by atoms with Crippen LogP contribution in [-0.4, -0.2) is 31.2 Å². The Labute approximate surface area is 118 Å². The summed E-state index contributed by atoms with van der Waals surface area (Å²) in [5.74, 6) is -0.990. The van der Waals surface area contributed by atoms with Gasteiger partial charge in [-0.15, -0.1) is 0 Å². The fraction of sp³-hybridized carbons (Fsp3) is 0.462. The predicted molar refractivity (Wildman–Crippen MR) is 66.3 cm³/mol. The van der Waals surface area contributed by atoms with Gasteiger partial charge in [-0.05, 0) is 31.0 Å². The molecule has 0 heterocycles. The van der Waals surface area contributed by atoms with Gasteiger partial charge in [-0.2, -0.15) is 17.6 Å². The van der Waals surface area contributed by atoms with Crippen molar-refractivity contribution in [2.24, 2.45) is 5.73 Å². The Morgan fingerprint density at radius 1 is 1.29 bits per heavy atom. The zero-order valence-electron chi connectivity index (χ0n) is 11.2. The highest BCUT2D eigenvalue weighted by molar-refractivity contribution is 5.75. The van der Waals surface area contributed by atoms with Gasteiger partial charge < -0.3 is 15.2 Å². The molecule has 0 aromatic heterocycles. The quantitative estimate of drug-likeness (QED) is 0.620. The van der Waals surface area contributed by atoms with Gasteiger partial charge in [-0.1, -0.05) is 12.1 Å². The van der Waals surface area contributed by atoms with E-state index in [4.69, 9.17) is 10.5 Å². The molecule has 4 nitrogen and oxygen atoms in total. The van der Waals surface area contributed by atoms with Crippen LogP contribution in [0.2, 0.25) is 0 Å². The van der Waals surface area contributed by atoms with Crippen LogP contribution in [0.3, 0.4) is 0 Å². The van der Waals surface area contributed by atoms with Gasteiger partial charge in [0, 0.05) is 0 Å². The Hall–Kier alpha value is -1.83. The maximum Gasteiger partial charge on any atom is 0.461 e. The summed E-state index contributed by atoms with van der Waals surface area (Å²) in [4.78, 5) is 11.3. The molecule has 0 spiro atoms. The van der Waals surface area contributed by atoms with E-state index in [1.54, 1.807) is 6.92 Å². The third-order valence-electron chi connectivity index (χ3n) is 2.48. The SMILES string of the molecule is CCOC(=O)C(N)Cc1ccc(OC(F)(F)C(F)F)cc1. The van der Waals surface area contributed by atoms with E-state index in [1.807, 2.05) is 0 Å². The molecule has 0 fully saturated rings. The number of alkyl halides is 4. The average molecular weight is 309 g/mol. The van der Waals surface area contributed by atoms with Gasteiger partial charge >= 0.3 is 18.5 Å². The standard InChI is InChI=1S/C13H15F4NO3/c1-2-20-11(19)10(18)7-8-3-5-9(6-4-8)21-13(16,17)12(14)15/h3-6,10,12H,2,7,18H2,1H3. The summed E-state index contributed by atoms with van der Waals surface area (Å²) in [7, 11) is 0. The molecule has 0 saturated heterocycles. The topological polar surface area (TPSA) is 61.5 Å². The number of halogens is 4. The van der Waals surface area contributed by atoms with Gasteiger partial charge in [-0.3, -0.25) is 4.79 Å². The third kappa shape index (κ3) is 5.22. The molecular formula is C13H15F4NO3. The van der Waals surface area contributed by atoms with Crippen molar-refractivity contribution in [1.82, 2.24) is 0 Å². The number of carbonyl (C=O) groups is 1. The third-order valence-corrected chi connectivity index (χ3v) is 2.48.